The molecule has 7 unspecified atom stereocenters. The monoisotopic (exact) mass is 655 g/mol. The molecule has 12 heteroatoms. The second-order valence-corrected chi connectivity index (χ2v) is 15.8. The van der Waals surface area contributed by atoms with E-state index in [9.17, 15) is 8.42 Å². The van der Waals surface area contributed by atoms with Crippen LogP contribution in [0.25, 0.3) is 23.1 Å². The first-order valence-corrected chi connectivity index (χ1v) is 17.9. The van der Waals surface area contributed by atoms with Crippen molar-refractivity contribution in [1.29, 1.82) is 0 Å². The summed E-state index contributed by atoms with van der Waals surface area (Å²) in [7, 11) is -2.12. The van der Waals surface area contributed by atoms with Crippen LogP contribution in [0.3, 0.4) is 0 Å². The molecule has 0 radical (unpaired) electrons. The van der Waals surface area contributed by atoms with Crippen molar-refractivity contribution < 1.29 is 17.9 Å². The zero-order chi connectivity index (χ0) is 32.7. The number of nitrogens with zero attached hydrogens (tertiary/aromatic N) is 5. The number of hydrogen-bond donors (Lipinski definition) is 2. The number of aromatic nitrogens is 3. The number of aryl methyl sites for hydroxylation is 1. The minimum absolute atomic E-state index is 0.0108. The number of H-pyrrole nitrogens is 1. The van der Waals surface area contributed by atoms with Crippen molar-refractivity contribution in [1.82, 2.24) is 18.9 Å². The molecule has 1 saturated heterocycles. The van der Waals surface area contributed by atoms with Gasteiger partial charge in [-0.25, -0.2) is 22.4 Å². The summed E-state index contributed by atoms with van der Waals surface area (Å²) in [5.41, 5.74) is 10.1. The highest BCUT2D eigenvalue weighted by Gasteiger charge is 2.53. The highest BCUT2D eigenvalue weighted by atomic mass is 32.2. The maximum absolute atomic E-state index is 14.5. The lowest BCUT2D eigenvalue weighted by atomic mass is 9.79. The Morgan fingerprint density at radius 2 is 2.00 bits per heavy atom. The maximum Gasteiger partial charge on any atom is 0.242 e. The molecule has 0 saturated carbocycles. The van der Waals surface area contributed by atoms with Crippen LogP contribution in [0.2, 0.25) is 0 Å². The second-order valence-electron chi connectivity index (χ2n) is 13.8. The van der Waals surface area contributed by atoms with Crippen LogP contribution < -0.4 is 16.4 Å². The largest absolute Gasteiger partial charge is 0.481 e. The highest BCUT2D eigenvalue weighted by Crippen LogP contribution is 2.48. The summed E-state index contributed by atoms with van der Waals surface area (Å²) in [6.07, 6.45) is 14.3. The average Bonchev–Trinajstić information content (AvgIpc) is 3.38. The molecule has 246 valence electrons. The molecule has 3 N–H and O–H groups in total. The molecule has 0 amide bonds. The number of epoxide rings is 1. The van der Waals surface area contributed by atoms with Gasteiger partial charge in [0.25, 0.3) is 0 Å². The normalized spacial score (nSPS) is 31.6. The molecule has 3 aromatic rings. The molecule has 7 atom stereocenters. The van der Waals surface area contributed by atoms with Gasteiger partial charge < -0.3 is 20.2 Å². The molecule has 1 fully saturated rings. The Balaban J connectivity index is 1.12. The summed E-state index contributed by atoms with van der Waals surface area (Å²) in [5, 5.41) is 8.96. The predicted octanol–water partition coefficient (Wildman–Crippen LogP) is 3.25. The quantitative estimate of drug-likeness (QED) is 0.294. The van der Waals surface area contributed by atoms with E-state index in [-0.39, 0.29) is 23.5 Å². The van der Waals surface area contributed by atoms with Crippen molar-refractivity contribution >= 4 is 45.5 Å². The Hall–Kier alpha value is -4.00. The van der Waals surface area contributed by atoms with E-state index in [2.05, 4.69) is 53.1 Å². The lowest BCUT2D eigenvalue weighted by Crippen LogP contribution is -2.48. The number of rotatable bonds is 7. The number of aromatic amines is 1. The number of fused-ring (bicyclic) bond motifs is 2. The number of methoxy groups -OCH3 is 1. The fourth-order valence-corrected chi connectivity index (χ4v) is 9.52. The SMILES string of the molecule is COC1=CCC(C)(c2ccc3c(c2)cc(C2OC2C2C=NN(C4C=c5[nH]c(C)nc5=CC4)C2N)n3S(=O)(=O)C2CC=C(C)CC2)C=N1. The van der Waals surface area contributed by atoms with Gasteiger partial charge in [0.15, 0.2) is 0 Å². The Morgan fingerprint density at radius 1 is 1.15 bits per heavy atom. The smallest absolute Gasteiger partial charge is 0.242 e. The molecule has 0 bridgehead atoms. The fourth-order valence-electron chi connectivity index (χ4n) is 7.57. The topological polar surface area (TPSA) is 143 Å². The van der Waals surface area contributed by atoms with Gasteiger partial charge in [0.1, 0.15) is 24.2 Å². The fraction of sp³-hybridized carbons (Fsp3) is 0.457. The number of hydrazone groups is 1. The van der Waals surface area contributed by atoms with Gasteiger partial charge in [-0.05, 0) is 81.9 Å². The van der Waals surface area contributed by atoms with Crippen molar-refractivity contribution in [3.05, 3.63) is 75.7 Å². The number of benzene rings is 1. The van der Waals surface area contributed by atoms with E-state index in [0.29, 0.717) is 29.9 Å². The van der Waals surface area contributed by atoms with Crippen LogP contribution in [0.1, 0.15) is 69.1 Å². The minimum Gasteiger partial charge on any atom is -0.481 e. The molecule has 2 aliphatic carbocycles. The summed E-state index contributed by atoms with van der Waals surface area (Å²) in [4.78, 5) is 12.3. The zero-order valence-corrected chi connectivity index (χ0v) is 27.9. The maximum atomic E-state index is 14.5. The molecule has 8 rings (SSSR count). The van der Waals surface area contributed by atoms with Gasteiger partial charge in [0, 0.05) is 23.2 Å². The Kier molecular flexibility index (Phi) is 7.12. The Bertz CT molecular complexity index is 2130. The third-order valence-corrected chi connectivity index (χ3v) is 12.7. The summed E-state index contributed by atoms with van der Waals surface area (Å²) in [6, 6.07) is 8.03. The van der Waals surface area contributed by atoms with Crippen LogP contribution in [0.15, 0.2) is 58.0 Å². The molecular weight excluding hydrogens is 614 g/mol. The molecule has 47 heavy (non-hydrogen) atoms. The number of aliphatic imine (C=N–C) groups is 1. The van der Waals surface area contributed by atoms with Crippen LogP contribution in [0.4, 0.5) is 0 Å². The van der Waals surface area contributed by atoms with Crippen LogP contribution in [0.5, 0.6) is 0 Å². The summed E-state index contributed by atoms with van der Waals surface area (Å²) >= 11 is 0. The van der Waals surface area contributed by atoms with E-state index in [0.717, 1.165) is 46.7 Å². The van der Waals surface area contributed by atoms with Gasteiger partial charge >= 0.3 is 0 Å². The molecule has 11 nitrogen and oxygen atoms in total. The van der Waals surface area contributed by atoms with Gasteiger partial charge in [-0.15, -0.1) is 0 Å². The first-order chi connectivity index (χ1) is 22.6. The molecule has 1 aromatic carbocycles. The third kappa shape index (κ3) is 5.08. The molecule has 2 aromatic heterocycles. The lowest BCUT2D eigenvalue weighted by molar-refractivity contribution is 0.165. The summed E-state index contributed by atoms with van der Waals surface area (Å²) in [5.74, 6) is 1.28. The minimum atomic E-state index is -3.74. The van der Waals surface area contributed by atoms with E-state index in [4.69, 9.17) is 20.3 Å². The van der Waals surface area contributed by atoms with Gasteiger partial charge in [0.05, 0.1) is 46.2 Å². The standard InChI is InChI=1S/C35H41N7O4S/c1-20-5-9-25(10-6-20)47(43,44)42-29-12-7-23(35(3)14-13-31(45-4)37-19-35)15-22(29)16-30(42)33-32(46-33)26-18-38-41(34(26)36)24-8-11-27-28(17-24)40-21(2)39-27/h5,7,11-13,15-19,24-26,32-34H,6,8-10,14,36H2,1-4H3,(H,39,40). The molecular formula is C35H41N7O4S. The van der Waals surface area contributed by atoms with Crippen LogP contribution in [0, 0.1) is 12.8 Å². The van der Waals surface area contributed by atoms with E-state index in [1.165, 1.54) is 5.57 Å². The van der Waals surface area contributed by atoms with Gasteiger partial charge in [-0.2, -0.15) is 5.10 Å². The zero-order valence-electron chi connectivity index (χ0n) is 27.1. The average molecular weight is 656 g/mol. The molecule has 5 aliphatic rings. The van der Waals surface area contributed by atoms with Crippen molar-refractivity contribution in [3.63, 3.8) is 0 Å². The first-order valence-electron chi connectivity index (χ1n) is 16.4. The first kappa shape index (κ1) is 30.3. The van der Waals surface area contributed by atoms with E-state index in [1.807, 2.05) is 48.6 Å². The third-order valence-electron chi connectivity index (χ3n) is 10.5. The van der Waals surface area contributed by atoms with Crippen molar-refractivity contribution in [2.24, 2.45) is 21.7 Å². The second kappa shape index (κ2) is 11.0. The van der Waals surface area contributed by atoms with Gasteiger partial charge in [0.2, 0.25) is 15.9 Å². The number of allylic oxidation sites excluding steroid dienone is 3. The molecule has 0 spiro atoms. The van der Waals surface area contributed by atoms with Crippen molar-refractivity contribution in [3.8, 4) is 0 Å². The van der Waals surface area contributed by atoms with Crippen LogP contribution >= 0.6 is 0 Å². The highest BCUT2D eigenvalue weighted by molar-refractivity contribution is 7.90. The predicted molar refractivity (Wildman–Crippen MR) is 183 cm³/mol. The Labute approximate surface area is 274 Å². The number of nitrogens with one attached hydrogen (secondary N) is 1. The number of hydrogen-bond acceptors (Lipinski definition) is 9. The number of nitrogens with two attached hydrogens (primary N) is 1. The van der Waals surface area contributed by atoms with Crippen molar-refractivity contribution in [2.75, 3.05) is 7.11 Å². The van der Waals surface area contributed by atoms with Crippen molar-refractivity contribution in [2.45, 2.75) is 88.0 Å². The molecule has 3 aliphatic heterocycles. The van der Waals surface area contributed by atoms with E-state index in [1.54, 1.807) is 11.1 Å². The van der Waals surface area contributed by atoms with Crippen LogP contribution in [-0.2, 0) is 24.9 Å². The van der Waals surface area contributed by atoms with Crippen LogP contribution in [-0.4, -0.2) is 70.5 Å². The molecule has 5 heterocycles. The lowest BCUT2D eigenvalue weighted by Gasteiger charge is -2.30. The Morgan fingerprint density at radius 3 is 2.74 bits per heavy atom. The summed E-state index contributed by atoms with van der Waals surface area (Å²) < 4.78 is 42.1. The summed E-state index contributed by atoms with van der Waals surface area (Å²) in [6.45, 7) is 6.15. The van der Waals surface area contributed by atoms with Gasteiger partial charge in [-0.1, -0.05) is 30.7 Å². The van der Waals surface area contributed by atoms with E-state index < -0.39 is 27.5 Å². The van der Waals surface area contributed by atoms with E-state index >= 15 is 0 Å². The number of ether oxygens (including phenoxy) is 2. The number of imidazole rings is 1. The van der Waals surface area contributed by atoms with Gasteiger partial charge in [-0.3, -0.25) is 5.01 Å².